The highest BCUT2D eigenvalue weighted by atomic mass is 32.2. The fourth-order valence-electron chi connectivity index (χ4n) is 3.14. The zero-order valence-electron chi connectivity index (χ0n) is 14.0. The minimum atomic E-state index is -3.57. The normalized spacial score (nSPS) is 16.8. The first-order valence-corrected chi connectivity index (χ1v) is 10.8. The van der Waals surface area contributed by atoms with Gasteiger partial charge in [0.2, 0.25) is 5.91 Å². The number of fused-ring (bicyclic) bond motifs is 1. The van der Waals surface area contributed by atoms with Crippen molar-refractivity contribution < 1.29 is 13.2 Å². The lowest BCUT2D eigenvalue weighted by Crippen LogP contribution is -2.30. The van der Waals surface area contributed by atoms with E-state index in [0.717, 1.165) is 41.8 Å². The molecule has 1 amide bonds. The van der Waals surface area contributed by atoms with Crippen molar-refractivity contribution in [3.8, 4) is 0 Å². The summed E-state index contributed by atoms with van der Waals surface area (Å²) in [6.07, 6.45) is 3.57. The van der Waals surface area contributed by atoms with Gasteiger partial charge in [0.05, 0.1) is 0 Å². The van der Waals surface area contributed by atoms with Crippen LogP contribution in [0.5, 0.6) is 0 Å². The van der Waals surface area contributed by atoms with Crippen molar-refractivity contribution >= 4 is 38.6 Å². The van der Waals surface area contributed by atoms with Crippen molar-refractivity contribution in [2.45, 2.75) is 36.8 Å². The second-order valence-electron chi connectivity index (χ2n) is 6.54. The van der Waals surface area contributed by atoms with Gasteiger partial charge in [-0.3, -0.25) is 9.52 Å². The molecule has 5 nitrogen and oxygen atoms in total. The van der Waals surface area contributed by atoms with E-state index in [9.17, 15) is 13.2 Å². The molecule has 1 fully saturated rings. The molecule has 2 aliphatic rings. The van der Waals surface area contributed by atoms with Gasteiger partial charge in [0.15, 0.2) is 0 Å². The SMILES string of the molecule is CCc1ccc(S(=O)(=O)Nc2ccc3c(c2)CCN3C(=O)C2CC2)s1. The Kier molecular flexibility index (Phi) is 4.08. The molecule has 1 N–H and O–H groups in total. The van der Waals surface area contributed by atoms with Gasteiger partial charge in [0.1, 0.15) is 4.21 Å². The summed E-state index contributed by atoms with van der Waals surface area (Å²) in [5.41, 5.74) is 2.49. The van der Waals surface area contributed by atoms with Gasteiger partial charge < -0.3 is 4.90 Å². The molecule has 0 unspecified atom stereocenters. The number of carbonyl (C=O) groups is 1. The zero-order chi connectivity index (χ0) is 17.6. The second-order valence-corrected chi connectivity index (χ2v) is 9.62. The van der Waals surface area contributed by atoms with E-state index >= 15 is 0 Å². The number of nitrogens with zero attached hydrogens (tertiary/aromatic N) is 1. The van der Waals surface area contributed by atoms with Crippen LogP contribution in [0.3, 0.4) is 0 Å². The van der Waals surface area contributed by atoms with Crippen LogP contribution in [0, 0.1) is 5.92 Å². The quantitative estimate of drug-likeness (QED) is 0.870. The molecule has 0 atom stereocenters. The maximum Gasteiger partial charge on any atom is 0.271 e. The second kappa shape index (κ2) is 6.14. The predicted octanol–water partition coefficient (Wildman–Crippen LogP) is 3.41. The van der Waals surface area contributed by atoms with Crippen molar-refractivity contribution in [3.63, 3.8) is 0 Å². The monoisotopic (exact) mass is 376 g/mol. The van der Waals surface area contributed by atoms with Crippen molar-refractivity contribution in [1.29, 1.82) is 0 Å². The van der Waals surface area contributed by atoms with Gasteiger partial charge in [-0.05, 0) is 61.6 Å². The Morgan fingerprint density at radius 3 is 2.76 bits per heavy atom. The summed E-state index contributed by atoms with van der Waals surface area (Å²) in [6, 6.07) is 8.94. The van der Waals surface area contributed by atoms with E-state index in [4.69, 9.17) is 0 Å². The van der Waals surface area contributed by atoms with Crippen LogP contribution in [-0.4, -0.2) is 20.9 Å². The van der Waals surface area contributed by atoms with Crippen LogP contribution in [0.1, 0.15) is 30.2 Å². The van der Waals surface area contributed by atoms with Crippen molar-refractivity contribution in [1.82, 2.24) is 0 Å². The van der Waals surface area contributed by atoms with Crippen molar-refractivity contribution in [3.05, 3.63) is 40.8 Å². The predicted molar refractivity (Wildman–Crippen MR) is 99.7 cm³/mol. The number of carbonyl (C=O) groups excluding carboxylic acids is 1. The van der Waals surface area contributed by atoms with Crippen LogP contribution < -0.4 is 9.62 Å². The van der Waals surface area contributed by atoms with Gasteiger partial charge in [-0.25, -0.2) is 8.42 Å². The summed E-state index contributed by atoms with van der Waals surface area (Å²) in [6.45, 7) is 2.69. The van der Waals surface area contributed by atoms with E-state index in [1.165, 1.54) is 11.3 Å². The Morgan fingerprint density at radius 2 is 2.08 bits per heavy atom. The molecular formula is C18H20N2O3S2. The van der Waals surface area contributed by atoms with Crippen LogP contribution in [-0.2, 0) is 27.7 Å². The third-order valence-corrected chi connectivity index (χ3v) is 7.77. The fourth-order valence-corrected chi connectivity index (χ4v) is 5.49. The summed E-state index contributed by atoms with van der Waals surface area (Å²) >= 11 is 1.30. The molecule has 7 heteroatoms. The summed E-state index contributed by atoms with van der Waals surface area (Å²) in [4.78, 5) is 15.2. The van der Waals surface area contributed by atoms with Crippen LogP contribution >= 0.6 is 11.3 Å². The maximum absolute atomic E-state index is 12.5. The van der Waals surface area contributed by atoms with Crippen molar-refractivity contribution in [2.75, 3.05) is 16.2 Å². The van der Waals surface area contributed by atoms with Crippen LogP contribution in [0.15, 0.2) is 34.5 Å². The van der Waals surface area contributed by atoms with Crippen LogP contribution in [0.25, 0.3) is 0 Å². The van der Waals surface area contributed by atoms with Gasteiger partial charge in [-0.1, -0.05) is 6.92 Å². The lowest BCUT2D eigenvalue weighted by Gasteiger charge is -2.17. The van der Waals surface area contributed by atoms with E-state index in [0.29, 0.717) is 16.4 Å². The number of benzene rings is 1. The molecule has 2 heterocycles. The Morgan fingerprint density at radius 1 is 1.28 bits per heavy atom. The number of amides is 1. The summed E-state index contributed by atoms with van der Waals surface area (Å²) < 4.78 is 28.1. The Bertz CT molecular complexity index is 930. The smallest absolute Gasteiger partial charge is 0.271 e. The number of aryl methyl sites for hydroxylation is 1. The molecular weight excluding hydrogens is 356 g/mol. The van der Waals surface area contributed by atoms with E-state index in [-0.39, 0.29) is 11.8 Å². The first-order chi connectivity index (χ1) is 12.0. The van der Waals surface area contributed by atoms with E-state index < -0.39 is 10.0 Å². The number of rotatable bonds is 5. The van der Waals surface area contributed by atoms with Gasteiger partial charge >= 0.3 is 0 Å². The topological polar surface area (TPSA) is 66.5 Å². The van der Waals surface area contributed by atoms with E-state index in [1.54, 1.807) is 12.1 Å². The van der Waals surface area contributed by atoms with Gasteiger partial charge in [0.25, 0.3) is 10.0 Å². The molecule has 1 aliphatic carbocycles. The highest BCUT2D eigenvalue weighted by Crippen LogP contribution is 2.37. The molecule has 132 valence electrons. The molecule has 4 rings (SSSR count). The molecule has 1 aliphatic heterocycles. The Labute approximate surface area is 151 Å². The van der Waals surface area contributed by atoms with Gasteiger partial charge in [-0.2, -0.15) is 0 Å². The average molecular weight is 377 g/mol. The fraction of sp³-hybridized carbons (Fsp3) is 0.389. The Balaban J connectivity index is 1.55. The molecule has 1 aromatic carbocycles. The molecule has 0 bridgehead atoms. The Hall–Kier alpha value is -1.86. The molecule has 1 aromatic heterocycles. The highest BCUT2D eigenvalue weighted by Gasteiger charge is 2.36. The number of nitrogens with one attached hydrogen (secondary N) is 1. The standard InChI is InChI=1S/C18H20N2O3S2/c1-2-15-6-8-17(24-15)25(22,23)19-14-5-7-16-13(11-14)9-10-20(16)18(21)12-3-4-12/h5-8,11-12,19H,2-4,9-10H2,1H3. The lowest BCUT2D eigenvalue weighted by molar-refractivity contribution is -0.119. The van der Waals surface area contributed by atoms with Crippen LogP contribution in [0.4, 0.5) is 11.4 Å². The molecule has 1 saturated carbocycles. The maximum atomic E-state index is 12.5. The first-order valence-electron chi connectivity index (χ1n) is 8.54. The summed E-state index contributed by atoms with van der Waals surface area (Å²) in [7, 11) is -3.57. The molecule has 0 radical (unpaired) electrons. The largest absolute Gasteiger partial charge is 0.312 e. The first kappa shape index (κ1) is 16.6. The van der Waals surface area contributed by atoms with Gasteiger partial charge in [0, 0.05) is 28.7 Å². The number of hydrogen-bond donors (Lipinski definition) is 1. The van der Waals surface area contributed by atoms with Gasteiger partial charge in [-0.15, -0.1) is 11.3 Å². The zero-order valence-corrected chi connectivity index (χ0v) is 15.6. The number of hydrogen-bond acceptors (Lipinski definition) is 4. The van der Waals surface area contributed by atoms with E-state index in [2.05, 4.69) is 4.72 Å². The van der Waals surface area contributed by atoms with E-state index in [1.807, 2.05) is 30.0 Å². The molecule has 0 spiro atoms. The molecule has 0 saturated heterocycles. The summed E-state index contributed by atoms with van der Waals surface area (Å²) in [5, 5.41) is 0. The minimum absolute atomic E-state index is 0.190. The number of sulfonamides is 1. The molecule has 2 aromatic rings. The van der Waals surface area contributed by atoms with Crippen LogP contribution in [0.2, 0.25) is 0 Å². The average Bonchev–Trinajstić information content (AvgIpc) is 3.17. The summed E-state index contributed by atoms with van der Waals surface area (Å²) in [5.74, 6) is 0.397. The number of anilines is 2. The highest BCUT2D eigenvalue weighted by molar-refractivity contribution is 7.94. The minimum Gasteiger partial charge on any atom is -0.312 e. The third-order valence-electron chi connectivity index (χ3n) is 4.67. The third kappa shape index (κ3) is 3.18. The molecule has 25 heavy (non-hydrogen) atoms. The lowest BCUT2D eigenvalue weighted by atomic mass is 10.1. The van der Waals surface area contributed by atoms with Crippen molar-refractivity contribution in [2.24, 2.45) is 5.92 Å². The number of thiophene rings is 1.